The molecule has 0 aromatic rings. The molecular formula is C12H23N3O2. The van der Waals surface area contributed by atoms with Gasteiger partial charge in [-0.1, -0.05) is 13.8 Å². The molecule has 1 heterocycles. The van der Waals surface area contributed by atoms with Crippen molar-refractivity contribution in [2.75, 3.05) is 46.8 Å². The first-order valence-electron chi connectivity index (χ1n) is 6.13. The van der Waals surface area contributed by atoms with E-state index in [4.69, 9.17) is 0 Å². The minimum absolute atomic E-state index is 0.0601. The zero-order valence-electron chi connectivity index (χ0n) is 11.3. The normalized spacial score (nSPS) is 17.4. The Bertz CT molecular complexity index is 281. The van der Waals surface area contributed by atoms with E-state index in [9.17, 15) is 9.59 Å². The van der Waals surface area contributed by atoms with Gasteiger partial charge in [0.1, 0.15) is 0 Å². The van der Waals surface area contributed by atoms with Crippen LogP contribution in [0.15, 0.2) is 0 Å². The summed E-state index contributed by atoms with van der Waals surface area (Å²) in [7, 11) is 3.53. The average molecular weight is 241 g/mol. The Hall–Kier alpha value is -1.10. The maximum absolute atomic E-state index is 11.8. The summed E-state index contributed by atoms with van der Waals surface area (Å²) in [6, 6.07) is 0. The van der Waals surface area contributed by atoms with Gasteiger partial charge in [-0.3, -0.25) is 14.5 Å². The number of hydrogen-bond donors (Lipinski definition) is 0. The third-order valence-electron chi connectivity index (χ3n) is 3.04. The van der Waals surface area contributed by atoms with Crippen molar-refractivity contribution in [1.29, 1.82) is 0 Å². The fraction of sp³-hybridized carbons (Fsp3) is 0.833. The first-order chi connectivity index (χ1) is 7.91. The van der Waals surface area contributed by atoms with Gasteiger partial charge < -0.3 is 9.80 Å². The minimum Gasteiger partial charge on any atom is -0.348 e. The summed E-state index contributed by atoms with van der Waals surface area (Å²) in [5, 5.41) is 0. The van der Waals surface area contributed by atoms with Crippen LogP contribution in [0.5, 0.6) is 0 Å². The highest BCUT2D eigenvalue weighted by atomic mass is 16.2. The Morgan fingerprint density at radius 1 is 1.12 bits per heavy atom. The van der Waals surface area contributed by atoms with Crippen molar-refractivity contribution in [3.63, 3.8) is 0 Å². The Morgan fingerprint density at radius 3 is 2.06 bits per heavy atom. The summed E-state index contributed by atoms with van der Waals surface area (Å²) >= 11 is 0. The van der Waals surface area contributed by atoms with Crippen molar-refractivity contribution in [2.45, 2.75) is 13.8 Å². The lowest BCUT2D eigenvalue weighted by Crippen LogP contribution is -2.51. The summed E-state index contributed by atoms with van der Waals surface area (Å²) < 4.78 is 0. The van der Waals surface area contributed by atoms with Crippen LogP contribution in [-0.2, 0) is 9.59 Å². The lowest BCUT2D eigenvalue weighted by Gasteiger charge is -2.35. The summed E-state index contributed by atoms with van der Waals surface area (Å²) in [5.41, 5.74) is 0. The van der Waals surface area contributed by atoms with Gasteiger partial charge in [-0.2, -0.15) is 0 Å². The van der Waals surface area contributed by atoms with Crippen molar-refractivity contribution in [2.24, 2.45) is 5.92 Å². The number of piperazine rings is 1. The summed E-state index contributed by atoms with van der Waals surface area (Å²) in [6.45, 7) is 7.34. The van der Waals surface area contributed by atoms with Gasteiger partial charge in [0.05, 0.1) is 6.54 Å². The van der Waals surface area contributed by atoms with Gasteiger partial charge in [0, 0.05) is 46.2 Å². The van der Waals surface area contributed by atoms with E-state index < -0.39 is 0 Å². The molecule has 0 saturated carbocycles. The molecule has 1 saturated heterocycles. The zero-order chi connectivity index (χ0) is 13.0. The Labute approximate surface area is 103 Å². The molecule has 0 atom stereocenters. The number of likely N-dealkylation sites (N-methyl/N-ethyl adjacent to an activating group) is 1. The van der Waals surface area contributed by atoms with Gasteiger partial charge in [0.25, 0.3) is 0 Å². The number of nitrogens with zero attached hydrogens (tertiary/aromatic N) is 3. The van der Waals surface area contributed by atoms with E-state index in [2.05, 4.69) is 4.90 Å². The van der Waals surface area contributed by atoms with Gasteiger partial charge >= 0.3 is 0 Å². The van der Waals surface area contributed by atoms with Crippen LogP contribution in [0.25, 0.3) is 0 Å². The number of rotatable bonds is 3. The monoisotopic (exact) mass is 241 g/mol. The van der Waals surface area contributed by atoms with E-state index in [1.807, 2.05) is 18.7 Å². The van der Waals surface area contributed by atoms with Crippen LogP contribution in [-0.4, -0.2) is 73.3 Å². The topological polar surface area (TPSA) is 43.9 Å². The van der Waals surface area contributed by atoms with Crippen LogP contribution in [0.4, 0.5) is 0 Å². The molecule has 2 amide bonds. The molecule has 0 unspecified atom stereocenters. The molecule has 0 aromatic heterocycles. The van der Waals surface area contributed by atoms with Crippen molar-refractivity contribution < 1.29 is 9.59 Å². The molecule has 5 nitrogen and oxygen atoms in total. The van der Waals surface area contributed by atoms with Crippen LogP contribution in [0.1, 0.15) is 13.8 Å². The van der Waals surface area contributed by atoms with Gasteiger partial charge in [-0.05, 0) is 0 Å². The summed E-state index contributed by atoms with van der Waals surface area (Å²) in [5.74, 6) is 0.391. The molecule has 17 heavy (non-hydrogen) atoms. The molecular weight excluding hydrogens is 218 g/mol. The number of hydrogen-bond acceptors (Lipinski definition) is 3. The van der Waals surface area contributed by atoms with Gasteiger partial charge in [0.2, 0.25) is 11.8 Å². The van der Waals surface area contributed by atoms with Crippen molar-refractivity contribution in [1.82, 2.24) is 14.7 Å². The molecule has 0 aromatic carbocycles. The van der Waals surface area contributed by atoms with Crippen molar-refractivity contribution in [3.8, 4) is 0 Å². The van der Waals surface area contributed by atoms with Crippen LogP contribution in [0.3, 0.4) is 0 Å². The highest BCUT2D eigenvalue weighted by Gasteiger charge is 2.23. The second-order valence-corrected chi connectivity index (χ2v) is 5.04. The fourth-order valence-corrected chi connectivity index (χ4v) is 1.82. The van der Waals surface area contributed by atoms with Crippen LogP contribution >= 0.6 is 0 Å². The molecule has 5 heteroatoms. The summed E-state index contributed by atoms with van der Waals surface area (Å²) in [4.78, 5) is 28.9. The van der Waals surface area contributed by atoms with E-state index in [1.165, 1.54) is 0 Å². The van der Waals surface area contributed by atoms with Gasteiger partial charge in [0.15, 0.2) is 0 Å². The third-order valence-corrected chi connectivity index (χ3v) is 3.04. The standard InChI is InChI=1S/C12H23N3O2/c1-10(2)12(17)15-7-5-14(6-8-15)9-11(16)13(3)4/h10H,5-9H2,1-4H3. The maximum atomic E-state index is 11.8. The van der Waals surface area contributed by atoms with Crippen molar-refractivity contribution >= 4 is 11.8 Å². The van der Waals surface area contributed by atoms with E-state index in [1.54, 1.807) is 19.0 Å². The molecule has 0 N–H and O–H groups in total. The summed E-state index contributed by atoms with van der Waals surface area (Å²) in [6.07, 6.45) is 0. The first kappa shape index (κ1) is 14.0. The van der Waals surface area contributed by atoms with Crippen LogP contribution < -0.4 is 0 Å². The van der Waals surface area contributed by atoms with Crippen LogP contribution in [0.2, 0.25) is 0 Å². The quantitative estimate of drug-likeness (QED) is 0.691. The molecule has 1 fully saturated rings. The Kier molecular flexibility index (Phi) is 4.93. The molecule has 98 valence electrons. The van der Waals surface area contributed by atoms with Crippen LogP contribution in [0, 0.1) is 5.92 Å². The number of carbonyl (C=O) groups excluding carboxylic acids is 2. The smallest absolute Gasteiger partial charge is 0.236 e. The second-order valence-electron chi connectivity index (χ2n) is 5.04. The average Bonchev–Trinajstić information content (AvgIpc) is 2.28. The van der Waals surface area contributed by atoms with E-state index in [-0.39, 0.29) is 17.7 Å². The van der Waals surface area contributed by atoms with Crippen molar-refractivity contribution in [3.05, 3.63) is 0 Å². The minimum atomic E-state index is 0.0601. The zero-order valence-corrected chi connectivity index (χ0v) is 11.3. The predicted molar refractivity (Wildman–Crippen MR) is 66.6 cm³/mol. The molecule has 0 spiro atoms. The highest BCUT2D eigenvalue weighted by Crippen LogP contribution is 2.07. The van der Waals surface area contributed by atoms with Gasteiger partial charge in [-0.15, -0.1) is 0 Å². The fourth-order valence-electron chi connectivity index (χ4n) is 1.82. The Morgan fingerprint density at radius 2 is 1.65 bits per heavy atom. The highest BCUT2D eigenvalue weighted by molar-refractivity contribution is 5.79. The molecule has 0 aliphatic carbocycles. The molecule has 1 aliphatic rings. The maximum Gasteiger partial charge on any atom is 0.236 e. The number of amides is 2. The molecule has 1 rings (SSSR count). The first-order valence-corrected chi connectivity index (χ1v) is 6.13. The molecule has 1 aliphatic heterocycles. The SMILES string of the molecule is CC(C)C(=O)N1CCN(CC(=O)N(C)C)CC1. The third kappa shape index (κ3) is 4.00. The molecule has 0 bridgehead atoms. The second kappa shape index (κ2) is 6.00. The van der Waals surface area contributed by atoms with E-state index in [0.29, 0.717) is 6.54 Å². The lowest BCUT2D eigenvalue weighted by molar-refractivity contribution is -0.137. The van der Waals surface area contributed by atoms with Gasteiger partial charge in [-0.25, -0.2) is 0 Å². The predicted octanol–water partition coefficient (Wildman–Crippen LogP) is -0.125. The Balaban J connectivity index is 2.36. The molecule has 0 radical (unpaired) electrons. The van der Waals surface area contributed by atoms with E-state index in [0.717, 1.165) is 26.2 Å². The largest absolute Gasteiger partial charge is 0.348 e. The van der Waals surface area contributed by atoms with E-state index >= 15 is 0 Å². The number of carbonyl (C=O) groups is 2. The lowest BCUT2D eigenvalue weighted by atomic mass is 10.1.